The minimum Gasteiger partial charge on any atom is -0.389 e. The Balaban J connectivity index is 1.60. The van der Waals surface area contributed by atoms with Crippen LogP contribution in [0.4, 0.5) is 0 Å². The quantitative estimate of drug-likeness (QED) is 0.742. The Morgan fingerprint density at radius 1 is 1.47 bits per heavy atom. The van der Waals surface area contributed by atoms with Crippen LogP contribution in [0.5, 0.6) is 0 Å². The summed E-state index contributed by atoms with van der Waals surface area (Å²) < 4.78 is 5.43. The lowest BCUT2D eigenvalue weighted by Crippen LogP contribution is -2.30. The number of nitriles is 1. The van der Waals surface area contributed by atoms with E-state index >= 15 is 0 Å². The molecule has 2 N–H and O–H groups in total. The fourth-order valence-corrected chi connectivity index (χ4v) is 1.85. The second kappa shape index (κ2) is 7.25. The number of nitrogens with one attached hydrogen (secondary N) is 1. The largest absolute Gasteiger partial charge is 0.389 e. The van der Waals surface area contributed by atoms with Gasteiger partial charge in [-0.25, -0.2) is 0 Å². The molecule has 4 heteroatoms. The van der Waals surface area contributed by atoms with E-state index in [4.69, 9.17) is 10.00 Å². The van der Waals surface area contributed by atoms with Crippen LogP contribution in [0.3, 0.4) is 0 Å². The molecule has 1 aromatic carbocycles. The lowest BCUT2D eigenvalue weighted by atomic mass is 10.1. The van der Waals surface area contributed by atoms with E-state index in [1.165, 1.54) is 12.8 Å². The van der Waals surface area contributed by atoms with Crippen LogP contribution >= 0.6 is 0 Å². The normalized spacial score (nSPS) is 16.0. The molecule has 1 fully saturated rings. The zero-order valence-corrected chi connectivity index (χ0v) is 11.0. The third kappa shape index (κ3) is 5.39. The highest BCUT2D eigenvalue weighted by atomic mass is 16.5. The van der Waals surface area contributed by atoms with Gasteiger partial charge in [0.05, 0.1) is 24.3 Å². The SMILES string of the molecule is N#Cc1cccc(CNCC(O)COCC2CC2)c1. The lowest BCUT2D eigenvalue weighted by Gasteiger charge is -2.12. The molecule has 1 aliphatic rings. The molecule has 1 aliphatic carbocycles. The summed E-state index contributed by atoms with van der Waals surface area (Å²) in [4.78, 5) is 0. The van der Waals surface area contributed by atoms with Crippen molar-refractivity contribution in [1.29, 1.82) is 5.26 Å². The molecule has 0 aliphatic heterocycles. The molecular formula is C15H20N2O2. The number of aliphatic hydroxyl groups is 1. The highest BCUT2D eigenvalue weighted by molar-refractivity contribution is 5.32. The maximum atomic E-state index is 9.72. The number of hydrogen-bond acceptors (Lipinski definition) is 4. The first-order valence-corrected chi connectivity index (χ1v) is 6.73. The molecule has 1 atom stereocenters. The summed E-state index contributed by atoms with van der Waals surface area (Å²) in [5.74, 6) is 0.730. The van der Waals surface area contributed by atoms with Gasteiger partial charge in [0, 0.05) is 19.7 Å². The molecule has 0 aromatic heterocycles. The number of aliphatic hydroxyl groups excluding tert-OH is 1. The summed E-state index contributed by atoms with van der Waals surface area (Å²) in [6.45, 7) is 2.32. The van der Waals surface area contributed by atoms with Gasteiger partial charge in [-0.3, -0.25) is 0 Å². The van der Waals surface area contributed by atoms with Gasteiger partial charge in [-0.2, -0.15) is 5.26 Å². The van der Waals surface area contributed by atoms with Crippen molar-refractivity contribution in [1.82, 2.24) is 5.32 Å². The van der Waals surface area contributed by atoms with Crippen LogP contribution in [0, 0.1) is 17.2 Å². The van der Waals surface area contributed by atoms with Gasteiger partial charge in [-0.1, -0.05) is 12.1 Å². The molecule has 0 amide bonds. The molecule has 0 bridgehead atoms. The second-order valence-corrected chi connectivity index (χ2v) is 5.08. The molecule has 4 nitrogen and oxygen atoms in total. The van der Waals surface area contributed by atoms with Crippen molar-refractivity contribution in [3.63, 3.8) is 0 Å². The minimum absolute atomic E-state index is 0.391. The maximum absolute atomic E-state index is 9.72. The van der Waals surface area contributed by atoms with Gasteiger partial charge >= 0.3 is 0 Å². The van der Waals surface area contributed by atoms with E-state index < -0.39 is 6.10 Å². The van der Waals surface area contributed by atoms with Gasteiger partial charge in [0.2, 0.25) is 0 Å². The van der Waals surface area contributed by atoms with Gasteiger partial charge in [0.1, 0.15) is 0 Å². The summed E-state index contributed by atoms with van der Waals surface area (Å²) in [6.07, 6.45) is 2.06. The Morgan fingerprint density at radius 3 is 3.05 bits per heavy atom. The third-order valence-electron chi connectivity index (χ3n) is 3.13. The first-order chi connectivity index (χ1) is 9.28. The summed E-state index contributed by atoms with van der Waals surface area (Å²) in [6, 6.07) is 9.57. The molecule has 2 rings (SSSR count). The molecule has 1 aromatic rings. The number of hydrogen-bond donors (Lipinski definition) is 2. The van der Waals surface area contributed by atoms with E-state index in [2.05, 4.69) is 11.4 Å². The predicted octanol–water partition coefficient (Wildman–Crippen LogP) is 1.44. The van der Waals surface area contributed by atoms with Crippen LogP contribution in [0.1, 0.15) is 24.0 Å². The van der Waals surface area contributed by atoms with Crippen LogP contribution in [-0.4, -0.2) is 31.0 Å². The third-order valence-corrected chi connectivity index (χ3v) is 3.13. The molecular weight excluding hydrogens is 240 g/mol. The summed E-state index contributed by atoms with van der Waals surface area (Å²) in [5.41, 5.74) is 1.71. The summed E-state index contributed by atoms with van der Waals surface area (Å²) in [7, 11) is 0. The van der Waals surface area contributed by atoms with E-state index in [1.54, 1.807) is 6.07 Å². The zero-order valence-electron chi connectivity index (χ0n) is 11.0. The fourth-order valence-electron chi connectivity index (χ4n) is 1.85. The Bertz CT molecular complexity index is 438. The summed E-state index contributed by atoms with van der Waals surface area (Å²) in [5, 5.41) is 21.7. The molecule has 0 heterocycles. The van der Waals surface area contributed by atoms with Gasteiger partial charge < -0.3 is 15.2 Å². The molecule has 0 spiro atoms. The van der Waals surface area contributed by atoms with Crippen molar-refractivity contribution >= 4 is 0 Å². The smallest absolute Gasteiger partial charge is 0.0991 e. The van der Waals surface area contributed by atoms with Crippen molar-refractivity contribution in [3.05, 3.63) is 35.4 Å². The van der Waals surface area contributed by atoms with E-state index in [9.17, 15) is 5.11 Å². The van der Waals surface area contributed by atoms with Crippen LogP contribution in [0.15, 0.2) is 24.3 Å². The van der Waals surface area contributed by atoms with E-state index in [1.807, 2.05) is 18.2 Å². The molecule has 102 valence electrons. The first kappa shape index (κ1) is 14.0. The molecule has 0 radical (unpaired) electrons. The highest BCUT2D eigenvalue weighted by Crippen LogP contribution is 2.28. The zero-order chi connectivity index (χ0) is 13.5. The van der Waals surface area contributed by atoms with Gasteiger partial charge in [0.15, 0.2) is 0 Å². The lowest BCUT2D eigenvalue weighted by molar-refractivity contribution is 0.0324. The van der Waals surface area contributed by atoms with Crippen LogP contribution in [0.2, 0.25) is 0 Å². The Kier molecular flexibility index (Phi) is 5.34. The fraction of sp³-hybridized carbons (Fsp3) is 0.533. The van der Waals surface area contributed by atoms with Crippen LogP contribution in [-0.2, 0) is 11.3 Å². The average Bonchev–Trinajstić information content (AvgIpc) is 3.23. The van der Waals surface area contributed by atoms with E-state index in [0.29, 0.717) is 25.3 Å². The van der Waals surface area contributed by atoms with Crippen molar-refractivity contribution in [2.75, 3.05) is 19.8 Å². The van der Waals surface area contributed by atoms with Crippen LogP contribution in [0.25, 0.3) is 0 Å². The molecule has 0 saturated heterocycles. The molecule has 1 unspecified atom stereocenters. The van der Waals surface area contributed by atoms with Crippen molar-refractivity contribution in [3.8, 4) is 6.07 Å². The van der Waals surface area contributed by atoms with E-state index in [0.717, 1.165) is 18.1 Å². The van der Waals surface area contributed by atoms with Gasteiger partial charge in [-0.15, -0.1) is 0 Å². The number of ether oxygens (including phenoxy) is 1. The highest BCUT2D eigenvalue weighted by Gasteiger charge is 2.21. The average molecular weight is 260 g/mol. The number of benzene rings is 1. The summed E-state index contributed by atoms with van der Waals surface area (Å²) >= 11 is 0. The molecule has 19 heavy (non-hydrogen) atoms. The maximum Gasteiger partial charge on any atom is 0.0991 e. The van der Waals surface area contributed by atoms with Gasteiger partial charge in [0.25, 0.3) is 0 Å². The topological polar surface area (TPSA) is 65.3 Å². The van der Waals surface area contributed by atoms with Crippen LogP contribution < -0.4 is 5.32 Å². The van der Waals surface area contributed by atoms with Crippen molar-refractivity contribution in [2.45, 2.75) is 25.5 Å². The Hall–Kier alpha value is -1.41. The monoisotopic (exact) mass is 260 g/mol. The predicted molar refractivity (Wildman–Crippen MR) is 72.4 cm³/mol. The first-order valence-electron chi connectivity index (χ1n) is 6.73. The number of rotatable bonds is 8. The Labute approximate surface area is 114 Å². The second-order valence-electron chi connectivity index (χ2n) is 5.08. The Morgan fingerprint density at radius 2 is 2.32 bits per heavy atom. The molecule has 1 saturated carbocycles. The van der Waals surface area contributed by atoms with E-state index in [-0.39, 0.29) is 0 Å². The van der Waals surface area contributed by atoms with Crippen molar-refractivity contribution < 1.29 is 9.84 Å². The van der Waals surface area contributed by atoms with Crippen molar-refractivity contribution in [2.24, 2.45) is 5.92 Å². The number of nitrogens with zero attached hydrogens (tertiary/aromatic N) is 1. The minimum atomic E-state index is -0.474. The van der Waals surface area contributed by atoms with Gasteiger partial charge in [-0.05, 0) is 36.5 Å². The standard InChI is InChI=1S/C15H20N2O2/c16-7-13-2-1-3-14(6-13)8-17-9-15(18)11-19-10-12-4-5-12/h1-3,6,12,15,17-18H,4-5,8-11H2.